The fourth-order valence-electron chi connectivity index (χ4n) is 3.10. The third-order valence-electron chi connectivity index (χ3n) is 4.66. The highest BCUT2D eigenvalue weighted by atomic mass is 19.4. The Morgan fingerprint density at radius 1 is 1.07 bits per heavy atom. The molecule has 11 heteroatoms. The summed E-state index contributed by atoms with van der Waals surface area (Å²) in [5, 5.41) is 18.5. The zero-order valence-corrected chi connectivity index (χ0v) is 14.2. The molecule has 0 aromatic heterocycles. The normalized spacial score (nSPS) is 19.3. The monoisotopic (exact) mass is 400 g/mol. The summed E-state index contributed by atoms with van der Waals surface area (Å²) in [6, 6.07) is 3.04. The number of carbonyl (C=O) groups is 1. The Balaban J connectivity index is 2.33. The number of rotatable bonds is 3. The molecule has 1 aliphatic heterocycles. The quantitative estimate of drug-likeness (QED) is 0.762. The maximum atomic E-state index is 12.9. The number of hydrogen-bond donors (Lipinski definition) is 2. The Kier molecular flexibility index (Phi) is 5.56. The molecule has 1 fully saturated rings. The number of piperazine rings is 1. The van der Waals surface area contributed by atoms with Crippen LogP contribution in [0.1, 0.15) is 18.9 Å². The smallest absolute Gasteiger partial charge is 0.430 e. The van der Waals surface area contributed by atoms with E-state index in [1.807, 2.05) is 0 Å². The van der Waals surface area contributed by atoms with Crippen molar-refractivity contribution >= 4 is 11.8 Å². The van der Waals surface area contributed by atoms with Gasteiger partial charge >= 0.3 is 18.4 Å². The van der Waals surface area contributed by atoms with Crippen molar-refractivity contribution in [2.45, 2.75) is 37.3 Å². The van der Waals surface area contributed by atoms with E-state index < -0.39 is 29.6 Å². The van der Waals surface area contributed by atoms with E-state index in [0.717, 1.165) is 12.1 Å². The van der Waals surface area contributed by atoms with Gasteiger partial charge < -0.3 is 20.0 Å². The minimum absolute atomic E-state index is 0.155. The van der Waals surface area contributed by atoms with Crippen LogP contribution in [0.4, 0.5) is 36.8 Å². The van der Waals surface area contributed by atoms with Crippen LogP contribution in [0.5, 0.6) is 0 Å². The van der Waals surface area contributed by atoms with Crippen LogP contribution in [0.25, 0.3) is 0 Å². The second kappa shape index (κ2) is 7.10. The molecule has 152 valence electrons. The minimum Gasteiger partial charge on any atom is -0.465 e. The SMILES string of the molecule is CC[C@H]1CN(C(=O)O)CCN1c1ccc(C(O)(C(F)(F)F)C(F)(F)F)cc1. The van der Waals surface area contributed by atoms with Crippen molar-refractivity contribution in [3.05, 3.63) is 29.8 Å². The van der Waals surface area contributed by atoms with Gasteiger partial charge in [0, 0.05) is 36.9 Å². The Bertz CT molecular complexity index is 660. The molecule has 1 heterocycles. The summed E-state index contributed by atoms with van der Waals surface area (Å²) in [5.74, 6) is 0. The van der Waals surface area contributed by atoms with Crippen molar-refractivity contribution in [1.82, 2.24) is 4.90 Å². The zero-order chi connectivity index (χ0) is 20.6. The summed E-state index contributed by atoms with van der Waals surface area (Å²) >= 11 is 0. The lowest BCUT2D eigenvalue weighted by Gasteiger charge is -2.41. The van der Waals surface area contributed by atoms with Gasteiger partial charge in [0.1, 0.15) is 0 Å². The Labute approximate surface area is 150 Å². The van der Waals surface area contributed by atoms with Crippen molar-refractivity contribution < 1.29 is 41.4 Å². The fourth-order valence-corrected chi connectivity index (χ4v) is 3.10. The van der Waals surface area contributed by atoms with Gasteiger partial charge in [-0.05, 0) is 18.6 Å². The molecule has 2 rings (SSSR count). The first kappa shape index (κ1) is 21.1. The van der Waals surface area contributed by atoms with Gasteiger partial charge in [0.25, 0.3) is 5.60 Å². The van der Waals surface area contributed by atoms with E-state index in [1.165, 1.54) is 4.90 Å². The van der Waals surface area contributed by atoms with E-state index in [4.69, 9.17) is 5.11 Å². The maximum absolute atomic E-state index is 12.9. The molecule has 0 aliphatic carbocycles. The number of nitrogens with zero attached hydrogens (tertiary/aromatic N) is 2. The second-order valence-electron chi connectivity index (χ2n) is 6.24. The molecule has 1 aliphatic rings. The molecule has 5 nitrogen and oxygen atoms in total. The number of alkyl halides is 6. The van der Waals surface area contributed by atoms with Gasteiger partial charge in [-0.2, -0.15) is 26.3 Å². The lowest BCUT2D eigenvalue weighted by molar-refractivity contribution is -0.376. The lowest BCUT2D eigenvalue weighted by Crippen LogP contribution is -2.55. The number of benzene rings is 1. The van der Waals surface area contributed by atoms with Gasteiger partial charge in [0.15, 0.2) is 0 Å². The van der Waals surface area contributed by atoms with Crippen LogP contribution in [-0.2, 0) is 5.60 Å². The summed E-state index contributed by atoms with van der Waals surface area (Å²) in [4.78, 5) is 14.0. The largest absolute Gasteiger partial charge is 0.465 e. The van der Waals surface area contributed by atoms with E-state index >= 15 is 0 Å². The van der Waals surface area contributed by atoms with Crippen LogP contribution >= 0.6 is 0 Å². The number of halogens is 6. The molecule has 0 unspecified atom stereocenters. The number of anilines is 1. The molecule has 27 heavy (non-hydrogen) atoms. The summed E-state index contributed by atoms with van der Waals surface area (Å²) in [6.07, 6.45) is -12.4. The Morgan fingerprint density at radius 3 is 2.00 bits per heavy atom. The third-order valence-corrected chi connectivity index (χ3v) is 4.66. The van der Waals surface area contributed by atoms with Crippen molar-refractivity contribution in [2.24, 2.45) is 0 Å². The average Bonchev–Trinajstić information content (AvgIpc) is 2.58. The number of hydrogen-bond acceptors (Lipinski definition) is 3. The van der Waals surface area contributed by atoms with Crippen molar-refractivity contribution in [2.75, 3.05) is 24.5 Å². The number of carboxylic acid groups (broad SMARTS) is 1. The van der Waals surface area contributed by atoms with Gasteiger partial charge in [-0.1, -0.05) is 19.1 Å². The third kappa shape index (κ3) is 3.78. The molecular weight excluding hydrogens is 382 g/mol. The molecule has 1 aromatic rings. The van der Waals surface area contributed by atoms with Gasteiger partial charge in [-0.25, -0.2) is 4.79 Å². The molecule has 0 bridgehead atoms. The van der Waals surface area contributed by atoms with Crippen LogP contribution < -0.4 is 4.90 Å². The van der Waals surface area contributed by atoms with E-state index in [0.29, 0.717) is 24.2 Å². The van der Waals surface area contributed by atoms with Gasteiger partial charge in [0.2, 0.25) is 0 Å². The van der Waals surface area contributed by atoms with E-state index in [9.17, 15) is 36.2 Å². The van der Waals surface area contributed by atoms with E-state index in [1.54, 1.807) is 11.8 Å². The standard InChI is InChI=1S/C16H18F6N2O3/c1-2-11-9-23(13(25)26)7-8-24(11)12-5-3-10(4-6-12)14(27,15(17,18)19)16(20,21)22/h3-6,11,27H,2,7-9H2,1H3,(H,25,26)/t11-/m0/s1. The van der Waals surface area contributed by atoms with Gasteiger partial charge in [-0.3, -0.25) is 0 Å². The molecule has 1 amide bonds. The highest BCUT2D eigenvalue weighted by Crippen LogP contribution is 2.50. The Hall–Kier alpha value is -2.17. The lowest BCUT2D eigenvalue weighted by atomic mass is 9.92. The second-order valence-corrected chi connectivity index (χ2v) is 6.24. The molecule has 1 atom stereocenters. The van der Waals surface area contributed by atoms with Crippen LogP contribution in [-0.4, -0.2) is 59.2 Å². The molecule has 0 saturated carbocycles. The molecule has 1 saturated heterocycles. The first-order valence-corrected chi connectivity index (χ1v) is 8.03. The number of amides is 1. The first-order valence-electron chi connectivity index (χ1n) is 8.03. The Morgan fingerprint density at radius 2 is 1.59 bits per heavy atom. The zero-order valence-electron chi connectivity index (χ0n) is 14.2. The number of aliphatic hydroxyl groups is 1. The summed E-state index contributed by atoms with van der Waals surface area (Å²) in [5.41, 5.74) is -5.95. The highest BCUT2D eigenvalue weighted by molar-refractivity contribution is 5.66. The van der Waals surface area contributed by atoms with Crippen molar-refractivity contribution in [3.63, 3.8) is 0 Å². The molecule has 2 N–H and O–H groups in total. The van der Waals surface area contributed by atoms with E-state index in [-0.39, 0.29) is 25.7 Å². The highest BCUT2D eigenvalue weighted by Gasteiger charge is 2.71. The molecule has 0 spiro atoms. The summed E-state index contributed by atoms with van der Waals surface area (Å²) < 4.78 is 77.6. The predicted octanol–water partition coefficient (Wildman–Crippen LogP) is 3.58. The fraction of sp³-hybridized carbons (Fsp3) is 0.562. The molecule has 1 aromatic carbocycles. The minimum atomic E-state index is -5.94. The van der Waals surface area contributed by atoms with E-state index in [2.05, 4.69) is 0 Å². The van der Waals surface area contributed by atoms with Gasteiger partial charge in [0.05, 0.1) is 0 Å². The van der Waals surface area contributed by atoms with Gasteiger partial charge in [-0.15, -0.1) is 0 Å². The predicted molar refractivity (Wildman–Crippen MR) is 83.5 cm³/mol. The molecular formula is C16H18F6N2O3. The van der Waals surface area contributed by atoms with Crippen LogP contribution in [0.3, 0.4) is 0 Å². The van der Waals surface area contributed by atoms with Crippen LogP contribution in [0, 0.1) is 0 Å². The van der Waals surface area contributed by atoms with Crippen LogP contribution in [0.2, 0.25) is 0 Å². The summed E-state index contributed by atoms with van der Waals surface area (Å²) in [6.45, 7) is 2.36. The summed E-state index contributed by atoms with van der Waals surface area (Å²) in [7, 11) is 0. The first-order chi connectivity index (χ1) is 12.3. The maximum Gasteiger partial charge on any atom is 0.430 e. The van der Waals surface area contributed by atoms with Crippen molar-refractivity contribution in [1.29, 1.82) is 0 Å². The van der Waals surface area contributed by atoms with Crippen molar-refractivity contribution in [3.8, 4) is 0 Å². The topological polar surface area (TPSA) is 64.0 Å². The molecule has 0 radical (unpaired) electrons. The average molecular weight is 400 g/mol. The van der Waals surface area contributed by atoms with Crippen LogP contribution in [0.15, 0.2) is 24.3 Å².